The summed E-state index contributed by atoms with van der Waals surface area (Å²) in [4.78, 5) is 1.07. The van der Waals surface area contributed by atoms with Crippen molar-refractivity contribution in [2.24, 2.45) is 0 Å². The van der Waals surface area contributed by atoms with Gasteiger partial charge in [-0.25, -0.2) is 0 Å². The van der Waals surface area contributed by atoms with Crippen LogP contribution in [0.25, 0.3) is 0 Å². The van der Waals surface area contributed by atoms with E-state index in [4.69, 9.17) is 0 Å². The molecule has 0 aliphatic rings. The van der Waals surface area contributed by atoms with Gasteiger partial charge in [0.15, 0.2) is 0 Å². The Kier molecular flexibility index (Phi) is 3.88. The first kappa shape index (κ1) is 13.3. The molecule has 0 saturated heterocycles. The van der Waals surface area contributed by atoms with Gasteiger partial charge in [-0.2, -0.15) is 0 Å². The molecular weight excluding hydrogens is 240 g/mol. The Morgan fingerprint density at radius 3 is 2.22 bits per heavy atom. The molecule has 1 aromatic heterocycles. The van der Waals surface area contributed by atoms with Crippen molar-refractivity contribution in [1.29, 1.82) is 0 Å². The fraction of sp³-hybridized carbons (Fsp3) is 0.375. The first-order chi connectivity index (χ1) is 8.53. The minimum atomic E-state index is -0.772. The van der Waals surface area contributed by atoms with Crippen LogP contribution in [0.1, 0.15) is 35.4 Å². The molecule has 1 heterocycles. The van der Waals surface area contributed by atoms with Crippen molar-refractivity contribution in [3.63, 3.8) is 0 Å². The minimum Gasteiger partial charge on any atom is -0.384 e. The molecule has 0 radical (unpaired) electrons. The predicted octanol–water partition coefficient (Wildman–Crippen LogP) is 4.07. The first-order valence-electron chi connectivity index (χ1n) is 6.37. The van der Waals surface area contributed by atoms with Crippen LogP contribution in [-0.4, -0.2) is 5.11 Å². The second kappa shape index (κ2) is 5.25. The molecule has 96 valence electrons. The van der Waals surface area contributed by atoms with Gasteiger partial charge in [-0.1, -0.05) is 31.2 Å². The van der Waals surface area contributed by atoms with E-state index >= 15 is 0 Å². The molecule has 1 unspecified atom stereocenters. The lowest BCUT2D eigenvalue weighted by molar-refractivity contribution is 0.0609. The summed E-state index contributed by atoms with van der Waals surface area (Å²) in [6.07, 6.45) is 1.72. The molecule has 1 aromatic carbocycles. The maximum absolute atomic E-state index is 10.6. The van der Waals surface area contributed by atoms with Gasteiger partial charge >= 0.3 is 0 Å². The van der Waals surface area contributed by atoms with Crippen LogP contribution >= 0.6 is 11.3 Å². The normalized spacial score (nSPS) is 14.4. The van der Waals surface area contributed by atoms with Crippen LogP contribution in [0.4, 0.5) is 0 Å². The Labute approximate surface area is 113 Å². The van der Waals surface area contributed by atoms with E-state index in [1.54, 1.807) is 11.3 Å². The van der Waals surface area contributed by atoms with Crippen LogP contribution in [0.15, 0.2) is 35.7 Å². The molecule has 0 fully saturated rings. The molecule has 0 spiro atoms. The van der Waals surface area contributed by atoms with Crippen molar-refractivity contribution >= 4 is 11.3 Å². The average Bonchev–Trinajstić information content (AvgIpc) is 2.77. The topological polar surface area (TPSA) is 20.2 Å². The maximum atomic E-state index is 10.6. The zero-order valence-electron chi connectivity index (χ0n) is 11.2. The van der Waals surface area contributed by atoms with Crippen molar-refractivity contribution < 1.29 is 5.11 Å². The van der Waals surface area contributed by atoms with E-state index in [0.29, 0.717) is 6.42 Å². The van der Waals surface area contributed by atoms with Crippen molar-refractivity contribution in [3.05, 3.63) is 57.3 Å². The van der Waals surface area contributed by atoms with Gasteiger partial charge < -0.3 is 5.11 Å². The lowest BCUT2D eigenvalue weighted by atomic mass is 9.92. The van der Waals surface area contributed by atoms with Crippen LogP contribution in [0.2, 0.25) is 0 Å². The Balaban J connectivity index is 2.19. The SMILES string of the molecule is CCc1ccc(CC(C)(O)c2sccc2C)cc1. The zero-order chi connectivity index (χ0) is 13.2. The van der Waals surface area contributed by atoms with Crippen molar-refractivity contribution in [2.75, 3.05) is 0 Å². The standard InChI is InChI=1S/C16H20OS/c1-4-13-5-7-14(8-6-13)11-16(3,17)15-12(2)9-10-18-15/h5-10,17H,4,11H2,1-3H3. The van der Waals surface area contributed by atoms with Crippen molar-refractivity contribution in [1.82, 2.24) is 0 Å². The molecule has 0 aliphatic carbocycles. The Morgan fingerprint density at radius 1 is 1.11 bits per heavy atom. The maximum Gasteiger partial charge on any atom is 0.100 e. The monoisotopic (exact) mass is 260 g/mol. The summed E-state index contributed by atoms with van der Waals surface area (Å²) < 4.78 is 0. The number of rotatable bonds is 4. The third-order valence-corrected chi connectivity index (χ3v) is 4.60. The van der Waals surface area contributed by atoms with Crippen LogP contribution in [0.5, 0.6) is 0 Å². The third-order valence-electron chi connectivity index (χ3n) is 3.33. The molecule has 18 heavy (non-hydrogen) atoms. The molecule has 0 saturated carbocycles. The summed E-state index contributed by atoms with van der Waals surface area (Å²) in [7, 11) is 0. The van der Waals surface area contributed by atoms with E-state index < -0.39 is 5.60 Å². The van der Waals surface area contributed by atoms with Gasteiger partial charge in [-0.05, 0) is 48.4 Å². The third kappa shape index (κ3) is 2.82. The van der Waals surface area contributed by atoms with Crippen LogP contribution < -0.4 is 0 Å². The second-order valence-electron chi connectivity index (χ2n) is 5.05. The molecule has 2 aromatic rings. The molecule has 0 aliphatic heterocycles. The van der Waals surface area contributed by atoms with Crippen LogP contribution in [0.3, 0.4) is 0 Å². The van der Waals surface area contributed by atoms with E-state index in [1.165, 1.54) is 16.7 Å². The van der Waals surface area contributed by atoms with Gasteiger partial charge in [0, 0.05) is 11.3 Å². The summed E-state index contributed by atoms with van der Waals surface area (Å²) in [5.74, 6) is 0. The molecule has 0 amide bonds. The highest BCUT2D eigenvalue weighted by Gasteiger charge is 2.26. The van der Waals surface area contributed by atoms with Gasteiger partial charge in [-0.15, -0.1) is 11.3 Å². The Morgan fingerprint density at radius 2 is 1.72 bits per heavy atom. The summed E-state index contributed by atoms with van der Waals surface area (Å²) in [5.41, 5.74) is 2.93. The summed E-state index contributed by atoms with van der Waals surface area (Å²) in [6.45, 7) is 6.11. The number of aryl methyl sites for hydroxylation is 2. The van der Waals surface area contributed by atoms with Gasteiger partial charge in [0.1, 0.15) is 5.60 Å². The van der Waals surface area contributed by atoms with Gasteiger partial charge in [0.05, 0.1) is 0 Å². The Hall–Kier alpha value is -1.12. The van der Waals surface area contributed by atoms with Gasteiger partial charge in [0.2, 0.25) is 0 Å². The summed E-state index contributed by atoms with van der Waals surface area (Å²) >= 11 is 1.63. The van der Waals surface area contributed by atoms with Crippen molar-refractivity contribution in [3.8, 4) is 0 Å². The molecule has 2 heteroatoms. The number of hydrogen-bond donors (Lipinski definition) is 1. The van der Waals surface area contributed by atoms with Gasteiger partial charge in [-0.3, -0.25) is 0 Å². The molecule has 1 atom stereocenters. The molecule has 1 N–H and O–H groups in total. The lowest BCUT2D eigenvalue weighted by Crippen LogP contribution is -2.23. The first-order valence-corrected chi connectivity index (χ1v) is 7.25. The number of aliphatic hydroxyl groups is 1. The molecule has 1 nitrogen and oxygen atoms in total. The molecular formula is C16H20OS. The van der Waals surface area contributed by atoms with Crippen molar-refractivity contribution in [2.45, 2.75) is 39.2 Å². The fourth-order valence-electron chi connectivity index (χ4n) is 2.30. The molecule has 2 rings (SSSR count). The van der Waals surface area contributed by atoms with E-state index in [2.05, 4.69) is 44.2 Å². The number of benzene rings is 1. The van der Waals surface area contributed by atoms with E-state index in [0.717, 1.165) is 11.3 Å². The van der Waals surface area contributed by atoms with Crippen LogP contribution in [-0.2, 0) is 18.4 Å². The number of hydrogen-bond acceptors (Lipinski definition) is 2. The molecule has 0 bridgehead atoms. The summed E-state index contributed by atoms with van der Waals surface area (Å²) in [6, 6.07) is 10.6. The van der Waals surface area contributed by atoms with Gasteiger partial charge in [0.25, 0.3) is 0 Å². The fourth-order valence-corrected chi connectivity index (χ4v) is 3.28. The zero-order valence-corrected chi connectivity index (χ0v) is 12.1. The minimum absolute atomic E-state index is 0.665. The van der Waals surface area contributed by atoms with Crippen LogP contribution in [0, 0.1) is 6.92 Å². The van der Waals surface area contributed by atoms with E-state index in [1.807, 2.05) is 12.3 Å². The van der Waals surface area contributed by atoms with E-state index in [9.17, 15) is 5.11 Å². The highest BCUT2D eigenvalue weighted by atomic mass is 32.1. The summed E-state index contributed by atoms with van der Waals surface area (Å²) in [5, 5.41) is 12.7. The average molecular weight is 260 g/mol. The van der Waals surface area contributed by atoms with E-state index in [-0.39, 0.29) is 0 Å². The highest BCUT2D eigenvalue weighted by Crippen LogP contribution is 2.32. The number of thiophene rings is 1. The Bertz CT molecular complexity index is 508. The highest BCUT2D eigenvalue weighted by molar-refractivity contribution is 7.10. The predicted molar refractivity (Wildman–Crippen MR) is 78.2 cm³/mol. The second-order valence-corrected chi connectivity index (χ2v) is 5.97. The quantitative estimate of drug-likeness (QED) is 0.878. The largest absolute Gasteiger partial charge is 0.384 e. The smallest absolute Gasteiger partial charge is 0.100 e. The lowest BCUT2D eigenvalue weighted by Gasteiger charge is -2.23.